The smallest absolute Gasteiger partial charge is 0.259 e. The Hall–Kier alpha value is -2.94. The maximum Gasteiger partial charge on any atom is 0.259 e. The molecule has 1 saturated carbocycles. The minimum absolute atomic E-state index is 0.0514. The molecular formula is C20H22N4O4S. The molecule has 0 aliphatic heterocycles. The lowest BCUT2D eigenvalue weighted by Crippen LogP contribution is -2.17. The van der Waals surface area contributed by atoms with Crippen LogP contribution in [0.4, 0.5) is 11.4 Å². The van der Waals surface area contributed by atoms with Gasteiger partial charge in [-0.1, -0.05) is 31.1 Å². The number of carbonyl (C=O) groups excluding carboxylic acids is 1. The fourth-order valence-corrected chi connectivity index (χ4v) is 3.80. The molecule has 2 heterocycles. The van der Waals surface area contributed by atoms with Crippen molar-refractivity contribution in [1.82, 2.24) is 10.1 Å². The Labute approximate surface area is 168 Å². The van der Waals surface area contributed by atoms with Gasteiger partial charge < -0.3 is 9.84 Å². The first-order valence-electron chi connectivity index (χ1n) is 9.41. The molecule has 8 nitrogen and oxygen atoms in total. The number of carbonyl (C=O) groups is 1. The molecular weight excluding hydrogens is 392 g/mol. The summed E-state index contributed by atoms with van der Waals surface area (Å²) in [5, 5.41) is 7.54. The standard InChI is InChI=1S/C20H22N4O4S/c1-11(2)18-17-13(10-16(12-8-9-12)22-20(17)28-23-18)19(25)21-14-6-4-5-7-15(14)24-29(3,26)27/h4-7,10-12,24H,8-9H2,1-3H3,(H,21,25). The highest BCUT2D eigenvalue weighted by molar-refractivity contribution is 7.92. The number of nitrogens with zero attached hydrogens (tertiary/aromatic N) is 2. The van der Waals surface area contributed by atoms with E-state index in [0.717, 1.165) is 24.8 Å². The van der Waals surface area contributed by atoms with Gasteiger partial charge in [-0.2, -0.15) is 0 Å². The average molecular weight is 414 g/mol. The van der Waals surface area contributed by atoms with Crippen LogP contribution in [0.25, 0.3) is 11.1 Å². The van der Waals surface area contributed by atoms with Gasteiger partial charge in [-0.25, -0.2) is 13.4 Å². The van der Waals surface area contributed by atoms with E-state index in [1.807, 2.05) is 13.8 Å². The summed E-state index contributed by atoms with van der Waals surface area (Å²) in [6.45, 7) is 3.94. The summed E-state index contributed by atoms with van der Waals surface area (Å²) in [5.74, 6) is 0.0143. The first kappa shape index (κ1) is 19.4. The highest BCUT2D eigenvalue weighted by Crippen LogP contribution is 2.41. The number of sulfonamides is 1. The average Bonchev–Trinajstić information content (AvgIpc) is 3.40. The van der Waals surface area contributed by atoms with Gasteiger partial charge in [0, 0.05) is 11.6 Å². The number of aromatic nitrogens is 2. The molecule has 29 heavy (non-hydrogen) atoms. The second-order valence-electron chi connectivity index (χ2n) is 7.65. The Morgan fingerprint density at radius 1 is 1.21 bits per heavy atom. The van der Waals surface area contributed by atoms with Gasteiger partial charge in [0.1, 0.15) is 0 Å². The largest absolute Gasteiger partial charge is 0.335 e. The minimum Gasteiger partial charge on any atom is -0.335 e. The van der Waals surface area contributed by atoms with Gasteiger partial charge in [-0.3, -0.25) is 9.52 Å². The molecule has 1 fully saturated rings. The van der Waals surface area contributed by atoms with E-state index in [1.165, 1.54) is 0 Å². The number of fused-ring (bicyclic) bond motifs is 1. The van der Waals surface area contributed by atoms with E-state index in [4.69, 9.17) is 4.52 Å². The van der Waals surface area contributed by atoms with Crippen LogP contribution in [-0.2, 0) is 10.0 Å². The van der Waals surface area contributed by atoms with Gasteiger partial charge in [0.15, 0.2) is 0 Å². The zero-order chi connectivity index (χ0) is 20.8. The number of rotatable bonds is 6. The number of para-hydroxylation sites is 2. The molecule has 4 rings (SSSR count). The number of hydrogen-bond donors (Lipinski definition) is 2. The molecule has 152 valence electrons. The summed E-state index contributed by atoms with van der Waals surface area (Å²) in [7, 11) is -3.49. The SMILES string of the molecule is CC(C)c1noc2nc(C3CC3)cc(C(=O)Nc3ccccc3NS(C)(=O)=O)c12. The molecule has 0 spiro atoms. The van der Waals surface area contributed by atoms with Crippen LogP contribution in [0.3, 0.4) is 0 Å². The van der Waals surface area contributed by atoms with Gasteiger partial charge in [-0.15, -0.1) is 0 Å². The van der Waals surface area contributed by atoms with Crippen molar-refractivity contribution in [3.05, 3.63) is 47.3 Å². The van der Waals surface area contributed by atoms with E-state index in [0.29, 0.717) is 39.6 Å². The third kappa shape index (κ3) is 4.09. The normalized spacial score (nSPS) is 14.3. The fraction of sp³-hybridized carbons (Fsp3) is 0.350. The minimum atomic E-state index is -3.49. The van der Waals surface area contributed by atoms with E-state index in [9.17, 15) is 13.2 Å². The zero-order valence-corrected chi connectivity index (χ0v) is 17.2. The van der Waals surface area contributed by atoms with Crippen LogP contribution in [0.1, 0.15) is 60.3 Å². The van der Waals surface area contributed by atoms with Crippen LogP contribution in [-0.4, -0.2) is 30.7 Å². The Morgan fingerprint density at radius 2 is 1.90 bits per heavy atom. The second-order valence-corrected chi connectivity index (χ2v) is 9.39. The molecule has 1 aliphatic carbocycles. The van der Waals surface area contributed by atoms with Crippen LogP contribution < -0.4 is 10.0 Å². The van der Waals surface area contributed by atoms with Crippen LogP contribution in [0.15, 0.2) is 34.9 Å². The van der Waals surface area contributed by atoms with E-state index in [2.05, 4.69) is 20.2 Å². The summed E-state index contributed by atoms with van der Waals surface area (Å²) in [5.41, 5.74) is 2.93. The highest BCUT2D eigenvalue weighted by atomic mass is 32.2. The van der Waals surface area contributed by atoms with Crippen molar-refractivity contribution in [2.75, 3.05) is 16.3 Å². The fourth-order valence-electron chi connectivity index (χ4n) is 3.22. The van der Waals surface area contributed by atoms with Crippen molar-refractivity contribution in [2.24, 2.45) is 0 Å². The number of anilines is 2. The van der Waals surface area contributed by atoms with Crippen LogP contribution in [0.5, 0.6) is 0 Å². The molecule has 2 aromatic heterocycles. The topological polar surface area (TPSA) is 114 Å². The van der Waals surface area contributed by atoms with Crippen molar-refractivity contribution < 1.29 is 17.7 Å². The van der Waals surface area contributed by atoms with Gasteiger partial charge in [0.05, 0.1) is 34.3 Å². The Kier molecular flexibility index (Phi) is 4.77. The number of amides is 1. The van der Waals surface area contributed by atoms with Gasteiger partial charge in [0.2, 0.25) is 10.0 Å². The number of hydrogen-bond acceptors (Lipinski definition) is 6. The lowest BCUT2D eigenvalue weighted by molar-refractivity contribution is 0.102. The van der Waals surface area contributed by atoms with Crippen molar-refractivity contribution >= 4 is 38.4 Å². The molecule has 1 aliphatic rings. The van der Waals surface area contributed by atoms with Crippen molar-refractivity contribution in [2.45, 2.75) is 38.5 Å². The number of pyridine rings is 1. The lowest BCUT2D eigenvalue weighted by Gasteiger charge is -2.13. The maximum absolute atomic E-state index is 13.2. The summed E-state index contributed by atoms with van der Waals surface area (Å²) in [6.07, 6.45) is 3.13. The monoisotopic (exact) mass is 414 g/mol. The summed E-state index contributed by atoms with van der Waals surface area (Å²) < 4.78 is 31.1. The molecule has 1 aromatic carbocycles. The van der Waals surface area contributed by atoms with E-state index < -0.39 is 10.0 Å². The molecule has 0 saturated heterocycles. The summed E-state index contributed by atoms with van der Waals surface area (Å²) in [4.78, 5) is 17.8. The molecule has 9 heteroatoms. The first-order valence-corrected chi connectivity index (χ1v) is 11.3. The van der Waals surface area contributed by atoms with Crippen LogP contribution >= 0.6 is 0 Å². The quantitative estimate of drug-likeness (QED) is 0.633. The molecule has 2 N–H and O–H groups in total. The third-order valence-electron chi connectivity index (χ3n) is 4.75. The number of nitrogens with one attached hydrogen (secondary N) is 2. The highest BCUT2D eigenvalue weighted by Gasteiger charge is 2.29. The van der Waals surface area contributed by atoms with Crippen molar-refractivity contribution in [3.63, 3.8) is 0 Å². The molecule has 0 radical (unpaired) electrons. The van der Waals surface area contributed by atoms with Crippen molar-refractivity contribution in [1.29, 1.82) is 0 Å². The van der Waals surface area contributed by atoms with E-state index in [-0.39, 0.29) is 11.8 Å². The third-order valence-corrected chi connectivity index (χ3v) is 5.34. The predicted molar refractivity (Wildman–Crippen MR) is 111 cm³/mol. The van der Waals surface area contributed by atoms with E-state index >= 15 is 0 Å². The lowest BCUT2D eigenvalue weighted by atomic mass is 10.0. The first-order chi connectivity index (χ1) is 13.7. The molecule has 0 unspecified atom stereocenters. The Bertz CT molecular complexity index is 1200. The van der Waals surface area contributed by atoms with Crippen LogP contribution in [0, 0.1) is 0 Å². The maximum atomic E-state index is 13.2. The Balaban J connectivity index is 1.77. The zero-order valence-electron chi connectivity index (χ0n) is 16.4. The summed E-state index contributed by atoms with van der Waals surface area (Å²) in [6, 6.07) is 8.44. The van der Waals surface area contributed by atoms with Gasteiger partial charge >= 0.3 is 0 Å². The molecule has 0 bridgehead atoms. The van der Waals surface area contributed by atoms with Gasteiger partial charge in [0.25, 0.3) is 11.6 Å². The van der Waals surface area contributed by atoms with Crippen LogP contribution in [0.2, 0.25) is 0 Å². The Morgan fingerprint density at radius 3 is 2.52 bits per heavy atom. The predicted octanol–water partition coefficient (Wildman–Crippen LogP) is 3.85. The molecule has 0 atom stereocenters. The van der Waals surface area contributed by atoms with Crippen molar-refractivity contribution in [3.8, 4) is 0 Å². The number of benzene rings is 1. The summed E-state index contributed by atoms with van der Waals surface area (Å²) >= 11 is 0. The van der Waals surface area contributed by atoms with Gasteiger partial charge in [-0.05, 0) is 37.0 Å². The van der Waals surface area contributed by atoms with E-state index in [1.54, 1.807) is 30.3 Å². The molecule has 1 amide bonds. The molecule has 3 aromatic rings. The second kappa shape index (κ2) is 7.14.